The molecular weight excluding hydrogens is 332 g/mol. The van der Waals surface area contributed by atoms with Gasteiger partial charge in [0.25, 0.3) is 0 Å². The van der Waals surface area contributed by atoms with E-state index in [2.05, 4.69) is 12.2 Å². The number of aryl methyl sites for hydroxylation is 1. The van der Waals surface area contributed by atoms with Crippen molar-refractivity contribution in [3.05, 3.63) is 54.1 Å². The Morgan fingerprint density at radius 1 is 1.20 bits per heavy atom. The Morgan fingerprint density at radius 2 is 1.92 bits per heavy atom. The number of nitrogens with one attached hydrogen (secondary N) is 1. The fourth-order valence-electron chi connectivity index (χ4n) is 2.87. The molecule has 3 rings (SSSR count). The monoisotopic (exact) mass is 354 g/mol. The first-order valence-electron chi connectivity index (χ1n) is 8.51. The minimum absolute atomic E-state index is 0.0126. The van der Waals surface area contributed by atoms with E-state index in [1.54, 1.807) is 16.7 Å². The summed E-state index contributed by atoms with van der Waals surface area (Å²) < 4.78 is 0. The van der Waals surface area contributed by atoms with Crippen LogP contribution < -0.4 is 10.2 Å². The summed E-state index contributed by atoms with van der Waals surface area (Å²) in [5, 5.41) is 3.08. The normalized spacial score (nSPS) is 17.0. The highest BCUT2D eigenvalue weighted by Crippen LogP contribution is 2.37. The summed E-state index contributed by atoms with van der Waals surface area (Å²) in [6.45, 7) is 4.16. The summed E-state index contributed by atoms with van der Waals surface area (Å²) in [4.78, 5) is 27.7. The molecular formula is C20H22N2O2S. The van der Waals surface area contributed by atoms with Crippen molar-refractivity contribution in [2.75, 3.05) is 16.8 Å². The molecule has 1 N–H and O–H groups in total. The summed E-state index contributed by atoms with van der Waals surface area (Å²) in [5.74, 6) is -0.201. The third kappa shape index (κ3) is 4.23. The maximum atomic E-state index is 12.6. The summed E-state index contributed by atoms with van der Waals surface area (Å²) in [6, 6.07) is 15.6. The zero-order valence-electron chi connectivity index (χ0n) is 14.5. The average Bonchev–Trinajstić information content (AvgIpc) is 2.71. The average molecular weight is 354 g/mol. The topological polar surface area (TPSA) is 49.4 Å². The van der Waals surface area contributed by atoms with Crippen LogP contribution in [0.15, 0.2) is 53.4 Å². The third-order valence-electron chi connectivity index (χ3n) is 4.19. The van der Waals surface area contributed by atoms with E-state index in [1.165, 1.54) is 5.56 Å². The fraction of sp³-hybridized carbons (Fsp3) is 0.300. The molecule has 130 valence electrons. The molecule has 1 heterocycles. The van der Waals surface area contributed by atoms with Crippen molar-refractivity contribution in [3.63, 3.8) is 0 Å². The number of hydrogen-bond donors (Lipinski definition) is 1. The lowest BCUT2D eigenvalue weighted by molar-refractivity contribution is -0.121. The van der Waals surface area contributed by atoms with Crippen molar-refractivity contribution in [1.29, 1.82) is 0 Å². The first-order valence-corrected chi connectivity index (χ1v) is 9.39. The SMILES string of the molecule is CCc1ccc(NC(=O)CN2C(=O)CC(C)Sc3ccccc32)cc1. The number of nitrogens with zero attached hydrogens (tertiary/aromatic N) is 1. The molecule has 0 saturated carbocycles. The Hall–Kier alpha value is -2.27. The molecule has 0 saturated heterocycles. The fourth-order valence-corrected chi connectivity index (χ4v) is 3.99. The minimum Gasteiger partial charge on any atom is -0.325 e. The van der Waals surface area contributed by atoms with Crippen molar-refractivity contribution >= 4 is 35.0 Å². The van der Waals surface area contributed by atoms with E-state index in [-0.39, 0.29) is 23.6 Å². The van der Waals surface area contributed by atoms with Crippen LogP contribution >= 0.6 is 11.8 Å². The molecule has 2 aromatic rings. The lowest BCUT2D eigenvalue weighted by atomic mass is 10.1. The van der Waals surface area contributed by atoms with Gasteiger partial charge in [0.1, 0.15) is 6.54 Å². The van der Waals surface area contributed by atoms with Gasteiger partial charge in [-0.05, 0) is 36.2 Å². The van der Waals surface area contributed by atoms with E-state index in [4.69, 9.17) is 0 Å². The largest absolute Gasteiger partial charge is 0.325 e. The van der Waals surface area contributed by atoms with Gasteiger partial charge in [0.05, 0.1) is 5.69 Å². The highest BCUT2D eigenvalue weighted by molar-refractivity contribution is 8.00. The molecule has 2 aromatic carbocycles. The molecule has 1 aliphatic heterocycles. The number of para-hydroxylation sites is 1. The van der Waals surface area contributed by atoms with Crippen LogP contribution in [0.3, 0.4) is 0 Å². The van der Waals surface area contributed by atoms with Crippen LogP contribution in [0.2, 0.25) is 0 Å². The smallest absolute Gasteiger partial charge is 0.244 e. The second-order valence-electron chi connectivity index (χ2n) is 6.18. The third-order valence-corrected chi connectivity index (χ3v) is 5.36. The molecule has 4 nitrogen and oxygen atoms in total. The van der Waals surface area contributed by atoms with Gasteiger partial charge in [0.2, 0.25) is 11.8 Å². The molecule has 0 aromatic heterocycles. The zero-order valence-corrected chi connectivity index (χ0v) is 15.3. The van der Waals surface area contributed by atoms with Crippen LogP contribution in [0.4, 0.5) is 11.4 Å². The maximum Gasteiger partial charge on any atom is 0.244 e. The van der Waals surface area contributed by atoms with Crippen molar-refractivity contribution in [3.8, 4) is 0 Å². The van der Waals surface area contributed by atoms with Crippen molar-refractivity contribution in [2.45, 2.75) is 36.8 Å². The molecule has 5 heteroatoms. The second kappa shape index (κ2) is 7.74. The maximum absolute atomic E-state index is 12.6. The number of benzene rings is 2. The van der Waals surface area contributed by atoms with Gasteiger partial charge in [-0.3, -0.25) is 9.59 Å². The summed E-state index contributed by atoms with van der Waals surface area (Å²) in [5.41, 5.74) is 2.79. The van der Waals surface area contributed by atoms with Crippen LogP contribution in [-0.4, -0.2) is 23.6 Å². The van der Waals surface area contributed by atoms with E-state index in [1.807, 2.05) is 55.5 Å². The Bertz CT molecular complexity index is 774. The molecule has 1 aliphatic rings. The molecule has 2 amide bonds. The molecule has 1 atom stereocenters. The van der Waals surface area contributed by atoms with Gasteiger partial charge in [-0.15, -0.1) is 11.8 Å². The van der Waals surface area contributed by atoms with Crippen LogP contribution in [0.5, 0.6) is 0 Å². The number of thioether (sulfide) groups is 1. The van der Waals surface area contributed by atoms with Crippen LogP contribution in [0, 0.1) is 0 Å². The van der Waals surface area contributed by atoms with Crippen molar-refractivity contribution < 1.29 is 9.59 Å². The molecule has 0 aliphatic carbocycles. The molecule has 25 heavy (non-hydrogen) atoms. The van der Waals surface area contributed by atoms with Crippen molar-refractivity contribution in [1.82, 2.24) is 0 Å². The van der Waals surface area contributed by atoms with Gasteiger partial charge in [-0.2, -0.15) is 0 Å². The van der Waals surface area contributed by atoms with E-state index >= 15 is 0 Å². The number of fused-ring (bicyclic) bond motifs is 1. The minimum atomic E-state index is -0.188. The second-order valence-corrected chi connectivity index (χ2v) is 7.66. The number of hydrogen-bond acceptors (Lipinski definition) is 3. The Balaban J connectivity index is 1.76. The number of anilines is 2. The summed E-state index contributed by atoms with van der Waals surface area (Å²) in [6.07, 6.45) is 1.39. The highest BCUT2D eigenvalue weighted by atomic mass is 32.2. The predicted octanol–water partition coefficient (Wildman–Crippen LogP) is 4.11. The zero-order chi connectivity index (χ0) is 17.8. The lowest BCUT2D eigenvalue weighted by Crippen LogP contribution is -2.38. The molecule has 0 bridgehead atoms. The number of amides is 2. The first kappa shape index (κ1) is 17.5. The van der Waals surface area contributed by atoms with E-state index < -0.39 is 0 Å². The van der Waals surface area contributed by atoms with Crippen LogP contribution in [0.25, 0.3) is 0 Å². The van der Waals surface area contributed by atoms with Crippen LogP contribution in [-0.2, 0) is 16.0 Å². The molecule has 0 radical (unpaired) electrons. The van der Waals surface area contributed by atoms with Gasteiger partial charge in [0.15, 0.2) is 0 Å². The molecule has 1 unspecified atom stereocenters. The standard InChI is InChI=1S/C20H22N2O2S/c1-3-15-8-10-16(11-9-15)21-19(23)13-22-17-6-4-5-7-18(17)25-14(2)12-20(22)24/h4-11,14H,3,12-13H2,1-2H3,(H,21,23). The lowest BCUT2D eigenvalue weighted by Gasteiger charge is -2.22. The summed E-state index contributed by atoms with van der Waals surface area (Å²) >= 11 is 1.68. The number of rotatable bonds is 4. The van der Waals surface area contributed by atoms with Crippen molar-refractivity contribution in [2.24, 2.45) is 0 Å². The van der Waals surface area contributed by atoms with Gasteiger partial charge < -0.3 is 10.2 Å². The Labute approximate surface area is 152 Å². The van der Waals surface area contributed by atoms with E-state index in [9.17, 15) is 9.59 Å². The molecule has 0 spiro atoms. The number of carbonyl (C=O) groups is 2. The predicted molar refractivity (Wildman–Crippen MR) is 103 cm³/mol. The quantitative estimate of drug-likeness (QED) is 0.899. The first-order chi connectivity index (χ1) is 12.1. The Morgan fingerprint density at radius 3 is 2.64 bits per heavy atom. The Kier molecular flexibility index (Phi) is 5.43. The highest BCUT2D eigenvalue weighted by Gasteiger charge is 2.27. The van der Waals surface area contributed by atoms with E-state index in [0.29, 0.717) is 6.42 Å². The summed E-state index contributed by atoms with van der Waals surface area (Å²) in [7, 11) is 0. The van der Waals surface area contributed by atoms with E-state index in [0.717, 1.165) is 22.7 Å². The van der Waals surface area contributed by atoms with Gasteiger partial charge >= 0.3 is 0 Å². The van der Waals surface area contributed by atoms with Gasteiger partial charge in [-0.1, -0.05) is 38.1 Å². The van der Waals surface area contributed by atoms with Crippen LogP contribution in [0.1, 0.15) is 25.8 Å². The number of carbonyl (C=O) groups excluding carboxylic acids is 2. The molecule has 0 fully saturated rings. The van der Waals surface area contributed by atoms with Gasteiger partial charge in [-0.25, -0.2) is 0 Å². The van der Waals surface area contributed by atoms with Gasteiger partial charge in [0, 0.05) is 22.3 Å².